The van der Waals surface area contributed by atoms with E-state index in [-0.39, 0.29) is 40.5 Å². The maximum absolute atomic E-state index is 15.4. The molecule has 40 heavy (non-hydrogen) atoms. The summed E-state index contributed by atoms with van der Waals surface area (Å²) in [6, 6.07) is 5.28. The summed E-state index contributed by atoms with van der Waals surface area (Å²) in [6.45, 7) is 0.588. The Labute approximate surface area is 229 Å². The van der Waals surface area contributed by atoms with Crippen LogP contribution in [0.1, 0.15) is 41.6 Å². The molecule has 15 heteroatoms. The van der Waals surface area contributed by atoms with Gasteiger partial charge in [0.15, 0.2) is 11.4 Å². The fraction of sp³-hybridized carbons (Fsp3) is 0.360. The minimum Gasteiger partial charge on any atom is -0.465 e. The number of ether oxygens (including phenoxy) is 1. The Bertz CT molecular complexity index is 1330. The van der Waals surface area contributed by atoms with Gasteiger partial charge in [0.25, 0.3) is 11.8 Å². The van der Waals surface area contributed by atoms with E-state index >= 15 is 4.39 Å². The van der Waals surface area contributed by atoms with Crippen molar-refractivity contribution < 1.29 is 46.6 Å². The number of anilines is 2. The van der Waals surface area contributed by atoms with Crippen LogP contribution in [0.15, 0.2) is 36.4 Å². The topological polar surface area (TPSA) is 137 Å². The highest BCUT2D eigenvalue weighted by Gasteiger charge is 2.51. The highest BCUT2D eigenvalue weighted by Crippen LogP contribution is 2.46. The van der Waals surface area contributed by atoms with E-state index in [0.717, 1.165) is 6.07 Å². The molecular formula is C25H23ClF4N4O6. The molecule has 4 N–H and O–H groups in total. The Hall–Kier alpha value is -3.91. The standard InChI is InChI=1S/C25H23ClF4N4O6/c26-15-6-7-17-18(19(15)27)24(9-1-11-31-12-24)40-23(39)34(17)21(36)16(8-10-25(28,29)30)33-20(35)13-2-4-14(5-3-13)32-22(37)38/h2-7,16,31-32H,1,8-12H2,(H,33,35)(H,37,38)/t16?,24-/m0/s1. The molecule has 4 amide bonds. The molecule has 2 aliphatic rings. The summed E-state index contributed by atoms with van der Waals surface area (Å²) in [5.74, 6) is -3.18. The lowest BCUT2D eigenvalue weighted by Crippen LogP contribution is -2.58. The highest BCUT2D eigenvalue weighted by atomic mass is 35.5. The molecule has 1 spiro atoms. The molecule has 2 atom stereocenters. The van der Waals surface area contributed by atoms with Crippen LogP contribution in [0.5, 0.6) is 0 Å². The minimum atomic E-state index is -4.70. The summed E-state index contributed by atoms with van der Waals surface area (Å²) in [4.78, 5) is 50.8. The molecule has 1 saturated heterocycles. The van der Waals surface area contributed by atoms with Gasteiger partial charge in [0.05, 0.1) is 16.3 Å². The van der Waals surface area contributed by atoms with Crippen LogP contribution < -0.4 is 20.9 Å². The number of nitrogens with one attached hydrogen (secondary N) is 3. The Morgan fingerprint density at radius 3 is 2.48 bits per heavy atom. The third kappa shape index (κ3) is 6.12. The van der Waals surface area contributed by atoms with Gasteiger partial charge in [-0.25, -0.2) is 18.9 Å². The van der Waals surface area contributed by atoms with Crippen LogP contribution in [-0.4, -0.2) is 54.4 Å². The maximum Gasteiger partial charge on any atom is 0.422 e. The molecule has 0 aliphatic carbocycles. The van der Waals surface area contributed by atoms with E-state index in [4.69, 9.17) is 21.4 Å². The Morgan fingerprint density at radius 2 is 1.88 bits per heavy atom. The lowest BCUT2D eigenvalue weighted by molar-refractivity contribution is -0.138. The third-order valence-corrected chi connectivity index (χ3v) is 6.81. The van der Waals surface area contributed by atoms with Gasteiger partial charge in [-0.3, -0.25) is 14.9 Å². The van der Waals surface area contributed by atoms with Crippen LogP contribution in [-0.2, 0) is 15.1 Å². The first kappa shape index (κ1) is 29.1. The van der Waals surface area contributed by atoms with Crippen molar-refractivity contribution in [1.82, 2.24) is 10.6 Å². The second-order valence-corrected chi connectivity index (χ2v) is 9.67. The number of rotatable bonds is 6. The van der Waals surface area contributed by atoms with Gasteiger partial charge in [-0.2, -0.15) is 13.2 Å². The van der Waals surface area contributed by atoms with Gasteiger partial charge in [-0.15, -0.1) is 0 Å². The Kier molecular flexibility index (Phi) is 8.21. The number of fused-ring (bicyclic) bond motifs is 2. The van der Waals surface area contributed by atoms with E-state index < -0.39 is 60.5 Å². The average Bonchev–Trinajstić information content (AvgIpc) is 2.88. The van der Waals surface area contributed by atoms with Crippen LogP contribution in [0.4, 0.5) is 38.5 Å². The maximum atomic E-state index is 15.4. The first-order valence-corrected chi connectivity index (χ1v) is 12.4. The van der Waals surface area contributed by atoms with Crippen molar-refractivity contribution in [2.24, 2.45) is 0 Å². The predicted molar refractivity (Wildman–Crippen MR) is 134 cm³/mol. The van der Waals surface area contributed by atoms with Gasteiger partial charge in [-0.1, -0.05) is 11.6 Å². The largest absolute Gasteiger partial charge is 0.465 e. The first-order valence-electron chi connectivity index (χ1n) is 12.0. The number of carbonyl (C=O) groups excluding carboxylic acids is 3. The molecule has 0 saturated carbocycles. The number of nitrogens with zero attached hydrogens (tertiary/aromatic N) is 1. The second kappa shape index (κ2) is 11.3. The second-order valence-electron chi connectivity index (χ2n) is 9.26. The van der Waals surface area contributed by atoms with Crippen LogP contribution >= 0.6 is 11.6 Å². The minimum absolute atomic E-state index is 0.0198. The van der Waals surface area contributed by atoms with Crippen LogP contribution in [0.2, 0.25) is 5.02 Å². The Morgan fingerprint density at radius 1 is 1.18 bits per heavy atom. The summed E-state index contributed by atoms with van der Waals surface area (Å²) in [5, 5.41) is 15.7. The lowest BCUT2D eigenvalue weighted by Gasteiger charge is -2.44. The van der Waals surface area contributed by atoms with Crippen molar-refractivity contribution in [2.75, 3.05) is 23.3 Å². The molecule has 2 aromatic carbocycles. The number of carboxylic acid groups (broad SMARTS) is 1. The summed E-state index contributed by atoms with van der Waals surface area (Å²) in [6.07, 6.45) is -9.01. The van der Waals surface area contributed by atoms with Gasteiger partial charge in [0.1, 0.15) is 6.04 Å². The smallest absolute Gasteiger partial charge is 0.422 e. The van der Waals surface area contributed by atoms with Crippen LogP contribution in [0.25, 0.3) is 0 Å². The van der Waals surface area contributed by atoms with E-state index in [1.807, 2.05) is 0 Å². The number of hydrogen-bond donors (Lipinski definition) is 4. The average molecular weight is 587 g/mol. The number of halogens is 5. The van der Waals surface area contributed by atoms with E-state index in [1.165, 1.54) is 30.3 Å². The van der Waals surface area contributed by atoms with E-state index in [1.54, 1.807) is 0 Å². The van der Waals surface area contributed by atoms with Crippen molar-refractivity contribution in [3.05, 3.63) is 58.4 Å². The number of alkyl halides is 3. The van der Waals surface area contributed by atoms with Crippen molar-refractivity contribution in [3.63, 3.8) is 0 Å². The number of amides is 4. The lowest BCUT2D eigenvalue weighted by atomic mass is 9.83. The fourth-order valence-electron chi connectivity index (χ4n) is 4.70. The zero-order chi connectivity index (χ0) is 29.2. The molecule has 10 nitrogen and oxygen atoms in total. The van der Waals surface area contributed by atoms with E-state index in [2.05, 4.69) is 16.0 Å². The first-order chi connectivity index (χ1) is 18.8. The summed E-state index contributed by atoms with van der Waals surface area (Å²) in [7, 11) is 0. The molecule has 2 aromatic rings. The predicted octanol–water partition coefficient (Wildman–Crippen LogP) is 4.77. The van der Waals surface area contributed by atoms with Crippen LogP contribution in [0, 0.1) is 5.82 Å². The van der Waals surface area contributed by atoms with Crippen LogP contribution in [0.3, 0.4) is 0 Å². The molecular weight excluding hydrogens is 564 g/mol. The zero-order valence-electron chi connectivity index (χ0n) is 20.6. The number of hydrogen-bond acceptors (Lipinski definition) is 6. The number of piperidine rings is 1. The molecule has 1 fully saturated rings. The SMILES string of the molecule is O=C(O)Nc1ccc(C(=O)NC(CCC(F)(F)F)C(=O)N2C(=O)O[C@]3(CCCNC3)c3c2ccc(Cl)c3F)cc1. The third-order valence-electron chi connectivity index (χ3n) is 6.52. The summed E-state index contributed by atoms with van der Waals surface area (Å²) in [5.41, 5.74) is -1.92. The van der Waals surface area contributed by atoms with E-state index in [0.29, 0.717) is 17.9 Å². The molecule has 1 unspecified atom stereocenters. The fourth-order valence-corrected chi connectivity index (χ4v) is 4.86. The monoisotopic (exact) mass is 586 g/mol. The van der Waals surface area contributed by atoms with Crippen molar-refractivity contribution >= 4 is 47.0 Å². The molecule has 4 rings (SSSR count). The molecule has 0 bridgehead atoms. The molecule has 2 heterocycles. The molecule has 2 aliphatic heterocycles. The van der Waals surface area contributed by atoms with Gasteiger partial charge in [0.2, 0.25) is 0 Å². The van der Waals surface area contributed by atoms with E-state index in [9.17, 15) is 32.3 Å². The van der Waals surface area contributed by atoms with Gasteiger partial charge in [0, 0.05) is 24.2 Å². The zero-order valence-corrected chi connectivity index (χ0v) is 21.4. The number of benzene rings is 2. The molecule has 214 valence electrons. The van der Waals surface area contributed by atoms with Crippen molar-refractivity contribution in [1.29, 1.82) is 0 Å². The number of imide groups is 1. The quantitative estimate of drug-likeness (QED) is 0.358. The van der Waals surface area contributed by atoms with Gasteiger partial charge in [-0.05, 0) is 62.2 Å². The molecule has 0 aromatic heterocycles. The Balaban J connectivity index is 1.67. The number of carbonyl (C=O) groups is 4. The summed E-state index contributed by atoms with van der Waals surface area (Å²) < 4.78 is 60.3. The normalized spacial score (nSPS) is 19.4. The summed E-state index contributed by atoms with van der Waals surface area (Å²) >= 11 is 5.99. The highest BCUT2D eigenvalue weighted by molar-refractivity contribution is 6.31. The van der Waals surface area contributed by atoms with Crippen molar-refractivity contribution in [3.8, 4) is 0 Å². The molecule has 0 radical (unpaired) electrons. The van der Waals surface area contributed by atoms with Gasteiger partial charge < -0.3 is 20.5 Å². The van der Waals surface area contributed by atoms with Crippen molar-refractivity contribution in [2.45, 2.75) is 43.5 Å². The van der Waals surface area contributed by atoms with Gasteiger partial charge >= 0.3 is 18.4 Å².